The number of carbonyl (C=O) groups is 1. The molecule has 1 aliphatic rings. The second-order valence-electron chi connectivity index (χ2n) is 6.36. The fourth-order valence-corrected chi connectivity index (χ4v) is 3.09. The van der Waals surface area contributed by atoms with Crippen LogP contribution in [0.4, 0.5) is 5.82 Å². The summed E-state index contributed by atoms with van der Waals surface area (Å²) in [4.78, 5) is 20.6. The lowest BCUT2D eigenvalue weighted by atomic mass is 10.2. The van der Waals surface area contributed by atoms with E-state index < -0.39 is 0 Å². The molecule has 1 unspecified atom stereocenters. The summed E-state index contributed by atoms with van der Waals surface area (Å²) >= 11 is 0. The van der Waals surface area contributed by atoms with Gasteiger partial charge in [-0.2, -0.15) is 0 Å². The fraction of sp³-hybridized carbons (Fsp3) is 0.400. The third kappa shape index (κ3) is 4.87. The first kappa shape index (κ1) is 17.6. The van der Waals surface area contributed by atoms with Crippen molar-refractivity contribution in [1.29, 1.82) is 0 Å². The van der Waals surface area contributed by atoms with E-state index in [-0.39, 0.29) is 6.04 Å². The van der Waals surface area contributed by atoms with Crippen molar-refractivity contribution in [3.05, 3.63) is 59.8 Å². The van der Waals surface area contributed by atoms with E-state index in [0.717, 1.165) is 49.5 Å². The van der Waals surface area contributed by atoms with Gasteiger partial charge in [-0.25, -0.2) is 4.98 Å². The Morgan fingerprint density at radius 3 is 2.52 bits per heavy atom. The van der Waals surface area contributed by atoms with Crippen molar-refractivity contribution in [3.63, 3.8) is 0 Å². The van der Waals surface area contributed by atoms with E-state index in [1.54, 1.807) is 0 Å². The zero-order valence-electron chi connectivity index (χ0n) is 14.7. The summed E-state index contributed by atoms with van der Waals surface area (Å²) in [7, 11) is 0. The predicted molar refractivity (Wildman–Crippen MR) is 98.7 cm³/mol. The van der Waals surface area contributed by atoms with Crippen molar-refractivity contribution in [2.75, 3.05) is 37.7 Å². The molecule has 0 N–H and O–H groups in total. The quantitative estimate of drug-likeness (QED) is 0.724. The summed E-state index contributed by atoms with van der Waals surface area (Å²) < 4.78 is 5.75. The van der Waals surface area contributed by atoms with Crippen LogP contribution in [-0.2, 0) is 16.1 Å². The van der Waals surface area contributed by atoms with Crippen molar-refractivity contribution < 1.29 is 9.53 Å². The van der Waals surface area contributed by atoms with Gasteiger partial charge in [-0.3, -0.25) is 4.90 Å². The number of aryl methyl sites for hydroxylation is 1. The first-order valence-electron chi connectivity index (χ1n) is 8.76. The lowest BCUT2D eigenvalue weighted by molar-refractivity contribution is -0.115. The minimum atomic E-state index is -0.184. The molecule has 25 heavy (non-hydrogen) atoms. The average Bonchev–Trinajstić information content (AvgIpc) is 2.66. The molecule has 0 bridgehead atoms. The molecule has 3 rings (SSSR count). The van der Waals surface area contributed by atoms with E-state index in [1.165, 1.54) is 0 Å². The van der Waals surface area contributed by atoms with Gasteiger partial charge in [0.1, 0.15) is 12.1 Å². The maximum atomic E-state index is 11.5. The summed E-state index contributed by atoms with van der Waals surface area (Å²) in [5, 5.41) is 0. The molecular weight excluding hydrogens is 314 g/mol. The maximum Gasteiger partial charge on any atom is 0.139 e. The Morgan fingerprint density at radius 2 is 1.84 bits per heavy atom. The topological polar surface area (TPSA) is 45.7 Å². The molecule has 0 saturated carbocycles. The van der Waals surface area contributed by atoms with E-state index in [1.807, 2.05) is 55.5 Å². The molecular formula is C20H25N3O2. The Bertz CT molecular complexity index is 670. The molecule has 1 aromatic carbocycles. The van der Waals surface area contributed by atoms with E-state index in [0.29, 0.717) is 13.2 Å². The van der Waals surface area contributed by atoms with Crippen LogP contribution in [0.2, 0.25) is 0 Å². The first-order valence-corrected chi connectivity index (χ1v) is 8.76. The number of hydrogen-bond acceptors (Lipinski definition) is 5. The van der Waals surface area contributed by atoms with E-state index in [2.05, 4.69) is 14.8 Å². The number of pyridine rings is 1. The summed E-state index contributed by atoms with van der Waals surface area (Å²) in [5.74, 6) is 1.02. The van der Waals surface area contributed by atoms with E-state index >= 15 is 0 Å². The van der Waals surface area contributed by atoms with E-state index in [4.69, 9.17) is 4.74 Å². The number of piperazine rings is 1. The highest BCUT2D eigenvalue weighted by molar-refractivity contribution is 5.58. The second-order valence-corrected chi connectivity index (χ2v) is 6.36. The number of ether oxygens (including phenoxy) is 1. The normalized spacial score (nSPS) is 16.6. The second kappa shape index (κ2) is 8.74. The summed E-state index contributed by atoms with van der Waals surface area (Å²) in [6, 6.07) is 15.9. The first-order chi connectivity index (χ1) is 12.3. The number of aldehydes is 1. The molecule has 5 heteroatoms. The lowest BCUT2D eigenvalue weighted by Gasteiger charge is -2.37. The van der Waals surface area contributed by atoms with Gasteiger partial charge in [0.15, 0.2) is 0 Å². The molecule has 2 aromatic rings. The van der Waals surface area contributed by atoms with Crippen molar-refractivity contribution in [1.82, 2.24) is 9.88 Å². The van der Waals surface area contributed by atoms with Crippen LogP contribution >= 0.6 is 0 Å². The minimum absolute atomic E-state index is 0.184. The number of aromatic nitrogens is 1. The van der Waals surface area contributed by atoms with Crippen LogP contribution in [0.5, 0.6) is 0 Å². The number of hydrogen-bond donors (Lipinski definition) is 0. The molecule has 1 saturated heterocycles. The Balaban J connectivity index is 1.47. The van der Waals surface area contributed by atoms with Crippen LogP contribution in [0.15, 0.2) is 48.5 Å². The highest BCUT2D eigenvalue weighted by atomic mass is 16.5. The number of benzene rings is 1. The van der Waals surface area contributed by atoms with Crippen molar-refractivity contribution in [2.24, 2.45) is 0 Å². The zero-order chi connectivity index (χ0) is 17.5. The summed E-state index contributed by atoms with van der Waals surface area (Å²) in [5.41, 5.74) is 2.16. The van der Waals surface area contributed by atoms with Gasteiger partial charge in [-0.05, 0) is 24.6 Å². The molecule has 132 valence electrons. The number of nitrogens with zero attached hydrogens (tertiary/aromatic N) is 3. The molecule has 0 amide bonds. The number of carbonyl (C=O) groups excluding carboxylic acids is 1. The monoisotopic (exact) mass is 339 g/mol. The highest BCUT2D eigenvalue weighted by Crippen LogP contribution is 2.15. The molecule has 0 aliphatic carbocycles. The molecule has 5 nitrogen and oxygen atoms in total. The molecule has 0 spiro atoms. The van der Waals surface area contributed by atoms with Crippen LogP contribution in [0.25, 0.3) is 0 Å². The third-order valence-corrected chi connectivity index (χ3v) is 4.54. The Labute approximate surface area is 149 Å². The van der Waals surface area contributed by atoms with Crippen molar-refractivity contribution in [2.45, 2.75) is 19.6 Å². The van der Waals surface area contributed by atoms with Gasteiger partial charge in [-0.1, -0.05) is 36.4 Å². The Kier molecular flexibility index (Phi) is 6.14. The van der Waals surface area contributed by atoms with Crippen molar-refractivity contribution >= 4 is 12.1 Å². The SMILES string of the molecule is Cc1cccc(N2CCN(C(C=O)COCc3ccccc3)CC2)n1. The molecule has 1 fully saturated rings. The maximum absolute atomic E-state index is 11.5. The lowest BCUT2D eigenvalue weighted by Crippen LogP contribution is -2.52. The van der Waals surface area contributed by atoms with Crippen molar-refractivity contribution in [3.8, 4) is 0 Å². The van der Waals surface area contributed by atoms with Gasteiger partial charge in [0.2, 0.25) is 0 Å². The van der Waals surface area contributed by atoms with E-state index in [9.17, 15) is 4.79 Å². The molecule has 2 heterocycles. The highest BCUT2D eigenvalue weighted by Gasteiger charge is 2.24. The summed E-state index contributed by atoms with van der Waals surface area (Å²) in [6.07, 6.45) is 1.01. The van der Waals surface area contributed by atoms with Gasteiger partial charge in [0.25, 0.3) is 0 Å². The van der Waals surface area contributed by atoms with Crippen LogP contribution in [-0.4, -0.2) is 55.0 Å². The van der Waals surface area contributed by atoms with Crippen LogP contribution in [0.3, 0.4) is 0 Å². The number of anilines is 1. The predicted octanol–water partition coefficient (Wildman–Crippen LogP) is 2.30. The van der Waals surface area contributed by atoms with Gasteiger partial charge >= 0.3 is 0 Å². The molecule has 1 atom stereocenters. The summed E-state index contributed by atoms with van der Waals surface area (Å²) in [6.45, 7) is 6.41. The third-order valence-electron chi connectivity index (χ3n) is 4.54. The zero-order valence-corrected chi connectivity index (χ0v) is 14.7. The van der Waals surface area contributed by atoms with Gasteiger partial charge in [0, 0.05) is 31.9 Å². The fourth-order valence-electron chi connectivity index (χ4n) is 3.09. The molecule has 1 aliphatic heterocycles. The van der Waals surface area contributed by atoms with Crippen LogP contribution in [0.1, 0.15) is 11.3 Å². The Hall–Kier alpha value is -2.24. The molecule has 0 radical (unpaired) electrons. The van der Waals surface area contributed by atoms with Crippen LogP contribution < -0.4 is 4.90 Å². The van der Waals surface area contributed by atoms with Gasteiger partial charge in [-0.15, -0.1) is 0 Å². The Morgan fingerprint density at radius 1 is 1.08 bits per heavy atom. The largest absolute Gasteiger partial charge is 0.375 e. The smallest absolute Gasteiger partial charge is 0.139 e. The number of rotatable bonds is 7. The van der Waals surface area contributed by atoms with Crippen LogP contribution in [0, 0.1) is 6.92 Å². The molecule has 1 aromatic heterocycles. The van der Waals surface area contributed by atoms with Gasteiger partial charge in [0.05, 0.1) is 19.3 Å². The van der Waals surface area contributed by atoms with Gasteiger partial charge < -0.3 is 14.4 Å². The minimum Gasteiger partial charge on any atom is -0.375 e. The standard InChI is InChI=1S/C20H25N3O2/c1-17-6-5-9-20(21-17)23-12-10-22(11-13-23)19(14-24)16-25-15-18-7-3-2-4-8-18/h2-9,14,19H,10-13,15-16H2,1H3. The average molecular weight is 339 g/mol.